The molecule has 4 rings (SSSR count). The normalized spacial score (nSPS) is 30.1. The number of piperidine rings is 1. The van der Waals surface area contributed by atoms with Crippen LogP contribution < -0.4 is 5.32 Å². The Bertz CT molecular complexity index is 502. The van der Waals surface area contributed by atoms with Gasteiger partial charge in [0, 0.05) is 11.4 Å². The Balaban J connectivity index is 1.59. The molecule has 2 fully saturated rings. The highest BCUT2D eigenvalue weighted by atomic mass is 32.1. The summed E-state index contributed by atoms with van der Waals surface area (Å²) in [6, 6.07) is 2.71. The van der Waals surface area contributed by atoms with E-state index in [0.29, 0.717) is 11.9 Å². The lowest BCUT2D eigenvalue weighted by atomic mass is 9.94. The van der Waals surface area contributed by atoms with Crippen LogP contribution in [0.3, 0.4) is 0 Å². The highest BCUT2D eigenvalue weighted by molar-refractivity contribution is 7.10. The summed E-state index contributed by atoms with van der Waals surface area (Å²) in [7, 11) is 0. The highest BCUT2D eigenvalue weighted by Gasteiger charge is 2.43. The fourth-order valence-electron chi connectivity index (χ4n) is 3.78. The van der Waals surface area contributed by atoms with Crippen molar-refractivity contribution >= 4 is 17.2 Å². The second-order valence-corrected chi connectivity index (χ2v) is 7.37. The molecule has 1 aromatic heterocycles. The molecule has 20 heavy (non-hydrogen) atoms. The van der Waals surface area contributed by atoms with Crippen molar-refractivity contribution in [1.29, 1.82) is 0 Å². The van der Waals surface area contributed by atoms with E-state index in [-0.39, 0.29) is 6.04 Å². The lowest BCUT2D eigenvalue weighted by Gasteiger charge is -2.39. The molecule has 1 saturated carbocycles. The smallest absolute Gasteiger partial charge is 0.240 e. The van der Waals surface area contributed by atoms with Gasteiger partial charge < -0.3 is 10.2 Å². The van der Waals surface area contributed by atoms with Gasteiger partial charge in [0.15, 0.2) is 0 Å². The quantitative estimate of drug-likeness (QED) is 0.908. The van der Waals surface area contributed by atoms with Gasteiger partial charge in [-0.2, -0.15) is 0 Å². The lowest BCUT2D eigenvalue weighted by Crippen LogP contribution is -2.51. The molecule has 1 amide bonds. The molecule has 1 N–H and O–H groups in total. The van der Waals surface area contributed by atoms with E-state index in [1.165, 1.54) is 36.1 Å². The molecule has 3 aliphatic rings. The second-order valence-electron chi connectivity index (χ2n) is 6.37. The third kappa shape index (κ3) is 2.19. The Morgan fingerprint density at radius 2 is 2.20 bits per heavy atom. The number of carbonyl (C=O) groups excluding carboxylic acids is 1. The summed E-state index contributed by atoms with van der Waals surface area (Å²) in [6.07, 6.45) is 7.06. The van der Waals surface area contributed by atoms with Crippen molar-refractivity contribution in [2.24, 2.45) is 5.92 Å². The Morgan fingerprint density at radius 3 is 2.95 bits per heavy atom. The van der Waals surface area contributed by atoms with E-state index >= 15 is 0 Å². The molecule has 1 aromatic rings. The van der Waals surface area contributed by atoms with Crippen LogP contribution in [-0.2, 0) is 11.2 Å². The summed E-state index contributed by atoms with van der Waals surface area (Å²) in [5.41, 5.74) is 1.45. The first-order valence-corrected chi connectivity index (χ1v) is 8.82. The third-order valence-corrected chi connectivity index (χ3v) is 5.97. The number of hydrogen-bond acceptors (Lipinski definition) is 3. The number of fused-ring (bicyclic) bond motifs is 1. The minimum Gasteiger partial charge on any atom is -0.334 e. The van der Waals surface area contributed by atoms with Gasteiger partial charge in [-0.1, -0.05) is 6.42 Å². The number of nitrogens with one attached hydrogen (secondary N) is 1. The average Bonchev–Trinajstić information content (AvgIpc) is 3.23. The molecule has 108 valence electrons. The maximum atomic E-state index is 12.9. The molecule has 2 aliphatic heterocycles. The van der Waals surface area contributed by atoms with E-state index in [0.717, 1.165) is 31.8 Å². The highest BCUT2D eigenvalue weighted by Crippen LogP contribution is 2.48. The van der Waals surface area contributed by atoms with Gasteiger partial charge in [0.05, 0.1) is 12.1 Å². The van der Waals surface area contributed by atoms with Gasteiger partial charge in [0.25, 0.3) is 0 Å². The number of carbonyl (C=O) groups is 1. The SMILES string of the molecule is O=C(C1CCCCN1)N1CCc2sccc2C1C1CC1. The van der Waals surface area contributed by atoms with Gasteiger partial charge >= 0.3 is 0 Å². The number of hydrogen-bond donors (Lipinski definition) is 1. The van der Waals surface area contributed by atoms with Crippen LogP contribution >= 0.6 is 11.3 Å². The first kappa shape index (κ1) is 12.8. The van der Waals surface area contributed by atoms with E-state index in [1.807, 2.05) is 11.3 Å². The van der Waals surface area contributed by atoms with Crippen LogP contribution in [0.15, 0.2) is 11.4 Å². The van der Waals surface area contributed by atoms with E-state index < -0.39 is 0 Å². The van der Waals surface area contributed by atoms with Crippen LogP contribution in [0, 0.1) is 5.92 Å². The van der Waals surface area contributed by atoms with Crippen LogP contribution in [0.2, 0.25) is 0 Å². The molecule has 4 heteroatoms. The molecule has 2 atom stereocenters. The topological polar surface area (TPSA) is 32.3 Å². The molecule has 3 heterocycles. The zero-order valence-corrected chi connectivity index (χ0v) is 12.6. The summed E-state index contributed by atoms with van der Waals surface area (Å²) >= 11 is 1.87. The molecule has 2 unspecified atom stereocenters. The van der Waals surface area contributed by atoms with Crippen molar-refractivity contribution in [3.63, 3.8) is 0 Å². The van der Waals surface area contributed by atoms with Crippen molar-refractivity contribution in [3.8, 4) is 0 Å². The maximum Gasteiger partial charge on any atom is 0.240 e. The Kier molecular flexibility index (Phi) is 3.31. The van der Waals surface area contributed by atoms with Crippen LogP contribution in [-0.4, -0.2) is 29.9 Å². The third-order valence-electron chi connectivity index (χ3n) is 4.97. The number of thiophene rings is 1. The fourth-order valence-corrected chi connectivity index (χ4v) is 4.69. The molecule has 0 aromatic carbocycles. The molecule has 1 saturated heterocycles. The largest absolute Gasteiger partial charge is 0.334 e. The summed E-state index contributed by atoms with van der Waals surface area (Å²) in [6.45, 7) is 1.92. The predicted molar refractivity (Wildman–Crippen MR) is 80.8 cm³/mol. The van der Waals surface area contributed by atoms with Gasteiger partial charge in [-0.3, -0.25) is 4.79 Å². The van der Waals surface area contributed by atoms with Gasteiger partial charge in [-0.15, -0.1) is 11.3 Å². The van der Waals surface area contributed by atoms with Gasteiger partial charge in [-0.05, 0) is 61.6 Å². The molecule has 0 radical (unpaired) electrons. The van der Waals surface area contributed by atoms with Crippen molar-refractivity contribution in [3.05, 3.63) is 21.9 Å². The van der Waals surface area contributed by atoms with Crippen LogP contribution in [0.1, 0.15) is 48.6 Å². The predicted octanol–water partition coefficient (Wildman–Crippen LogP) is 2.73. The Hall–Kier alpha value is -0.870. The summed E-state index contributed by atoms with van der Waals surface area (Å²) in [5, 5.41) is 5.63. The first-order valence-electron chi connectivity index (χ1n) is 7.95. The molecular formula is C16H22N2OS. The van der Waals surface area contributed by atoms with Crippen molar-refractivity contribution in [2.75, 3.05) is 13.1 Å². The molecule has 3 nitrogen and oxygen atoms in total. The molecule has 1 aliphatic carbocycles. The molecule has 0 bridgehead atoms. The van der Waals surface area contributed by atoms with Crippen LogP contribution in [0.25, 0.3) is 0 Å². The Morgan fingerprint density at radius 1 is 1.30 bits per heavy atom. The van der Waals surface area contributed by atoms with Crippen LogP contribution in [0.5, 0.6) is 0 Å². The van der Waals surface area contributed by atoms with Crippen LogP contribution in [0.4, 0.5) is 0 Å². The van der Waals surface area contributed by atoms with Gasteiger partial charge in [-0.25, -0.2) is 0 Å². The molecular weight excluding hydrogens is 268 g/mol. The number of amides is 1. The summed E-state index contributed by atoms with van der Waals surface area (Å²) in [4.78, 5) is 16.6. The van der Waals surface area contributed by atoms with Crippen molar-refractivity contribution < 1.29 is 4.79 Å². The zero-order valence-electron chi connectivity index (χ0n) is 11.8. The minimum absolute atomic E-state index is 0.0742. The molecule has 0 spiro atoms. The number of rotatable bonds is 2. The standard InChI is InChI=1S/C16H22N2OS/c19-16(13-3-1-2-8-17-13)18-9-6-14-12(7-10-20-14)15(18)11-4-5-11/h7,10-11,13,15,17H,1-6,8-9H2. The zero-order chi connectivity index (χ0) is 13.5. The van der Waals surface area contributed by atoms with E-state index in [4.69, 9.17) is 0 Å². The van der Waals surface area contributed by atoms with Crippen molar-refractivity contribution in [1.82, 2.24) is 10.2 Å². The Labute approximate surface area is 124 Å². The van der Waals surface area contributed by atoms with E-state index in [2.05, 4.69) is 21.7 Å². The second kappa shape index (κ2) is 5.15. The summed E-state index contributed by atoms with van der Waals surface area (Å²) < 4.78 is 0. The summed E-state index contributed by atoms with van der Waals surface area (Å²) in [5.74, 6) is 1.08. The fraction of sp³-hybridized carbons (Fsp3) is 0.688. The lowest BCUT2D eigenvalue weighted by molar-refractivity contribution is -0.137. The van der Waals surface area contributed by atoms with Gasteiger partial charge in [0.2, 0.25) is 5.91 Å². The number of nitrogens with zero attached hydrogens (tertiary/aromatic N) is 1. The first-order chi connectivity index (χ1) is 9.84. The monoisotopic (exact) mass is 290 g/mol. The van der Waals surface area contributed by atoms with Crippen molar-refractivity contribution in [2.45, 2.75) is 50.6 Å². The minimum atomic E-state index is 0.0742. The van der Waals surface area contributed by atoms with Gasteiger partial charge in [0.1, 0.15) is 0 Å². The van der Waals surface area contributed by atoms with E-state index in [1.54, 1.807) is 0 Å². The average molecular weight is 290 g/mol. The van der Waals surface area contributed by atoms with E-state index in [9.17, 15) is 4.79 Å². The maximum absolute atomic E-state index is 12.9.